The predicted octanol–water partition coefficient (Wildman–Crippen LogP) is 3.95. The Morgan fingerprint density at radius 2 is 1.90 bits per heavy atom. The molecule has 0 spiro atoms. The zero-order valence-electron chi connectivity index (χ0n) is 16.7. The molecule has 6 nitrogen and oxygen atoms in total. The van der Waals surface area contributed by atoms with Crippen LogP contribution in [0.1, 0.15) is 25.2 Å². The second kappa shape index (κ2) is 8.75. The van der Waals surface area contributed by atoms with Crippen LogP contribution < -0.4 is 15.7 Å². The number of benzene rings is 2. The number of rotatable bonds is 6. The van der Waals surface area contributed by atoms with E-state index >= 15 is 0 Å². The largest absolute Gasteiger partial charge is 0.573 e. The summed E-state index contributed by atoms with van der Waals surface area (Å²) < 4.78 is 56.2. The first-order valence-electron chi connectivity index (χ1n) is 9.38. The van der Waals surface area contributed by atoms with Crippen LogP contribution in [0.4, 0.5) is 17.6 Å². The number of carbonyl (C=O) groups excluding carboxylic acids is 1. The molecule has 0 atom stereocenters. The van der Waals surface area contributed by atoms with Crippen molar-refractivity contribution in [1.29, 1.82) is 0 Å². The minimum absolute atomic E-state index is 0.0808. The van der Waals surface area contributed by atoms with Gasteiger partial charge in [0, 0.05) is 6.42 Å². The summed E-state index contributed by atoms with van der Waals surface area (Å²) in [5.41, 5.74) is 2.02. The fourth-order valence-corrected chi connectivity index (χ4v) is 3.06. The second-order valence-corrected chi connectivity index (χ2v) is 7.31. The van der Waals surface area contributed by atoms with Gasteiger partial charge in [-0.25, -0.2) is 14.1 Å². The first-order chi connectivity index (χ1) is 14.5. The molecule has 164 valence electrons. The molecule has 3 rings (SSSR count). The molecule has 0 aliphatic heterocycles. The molecule has 1 aromatic heterocycles. The number of fused-ring (bicyclic) bond motifs is 1. The highest BCUT2D eigenvalue weighted by molar-refractivity contribution is 5.86. The molecular weight excluding hydrogens is 418 g/mol. The van der Waals surface area contributed by atoms with Crippen molar-refractivity contribution in [3.05, 3.63) is 70.0 Å². The third-order valence-electron chi connectivity index (χ3n) is 4.24. The summed E-state index contributed by atoms with van der Waals surface area (Å²) in [6, 6.07) is 8.99. The van der Waals surface area contributed by atoms with Gasteiger partial charge in [-0.15, -0.1) is 13.2 Å². The molecule has 0 saturated carbocycles. The van der Waals surface area contributed by atoms with Crippen LogP contribution in [-0.2, 0) is 17.6 Å². The first kappa shape index (κ1) is 22.3. The first-order valence-corrected chi connectivity index (χ1v) is 9.38. The van der Waals surface area contributed by atoms with Crippen molar-refractivity contribution in [3.8, 4) is 5.75 Å². The van der Waals surface area contributed by atoms with Crippen LogP contribution in [0.2, 0.25) is 0 Å². The molecule has 10 heteroatoms. The molecule has 0 aliphatic carbocycles. The quantitative estimate of drug-likeness (QED) is 0.593. The molecule has 0 unspecified atom stereocenters. The van der Waals surface area contributed by atoms with Gasteiger partial charge in [-0.2, -0.15) is 0 Å². The van der Waals surface area contributed by atoms with Crippen LogP contribution in [0.5, 0.6) is 5.75 Å². The second-order valence-electron chi connectivity index (χ2n) is 7.31. The number of alkyl halides is 3. The number of ether oxygens (including phenoxy) is 1. The Bertz CT molecular complexity index is 1170. The van der Waals surface area contributed by atoms with E-state index < -0.39 is 29.4 Å². The average molecular weight is 437 g/mol. The predicted molar refractivity (Wildman–Crippen MR) is 106 cm³/mol. The van der Waals surface area contributed by atoms with Crippen molar-refractivity contribution in [3.63, 3.8) is 0 Å². The number of amides is 1. The lowest BCUT2D eigenvalue weighted by Crippen LogP contribution is -2.37. The average Bonchev–Trinajstić information content (AvgIpc) is 2.63. The van der Waals surface area contributed by atoms with Crippen LogP contribution in [0.15, 0.2) is 47.3 Å². The Hall–Kier alpha value is -3.43. The highest BCUT2D eigenvalue weighted by atomic mass is 19.4. The van der Waals surface area contributed by atoms with Gasteiger partial charge >= 0.3 is 6.36 Å². The Kier molecular flexibility index (Phi) is 6.28. The minimum atomic E-state index is -4.86. The summed E-state index contributed by atoms with van der Waals surface area (Å²) in [5, 5.41) is -0.268. The maximum absolute atomic E-state index is 14.2. The van der Waals surface area contributed by atoms with Crippen molar-refractivity contribution in [1.82, 2.24) is 9.66 Å². The molecule has 1 heterocycles. The van der Waals surface area contributed by atoms with Gasteiger partial charge in [-0.3, -0.25) is 15.0 Å². The third-order valence-corrected chi connectivity index (χ3v) is 4.24. The molecule has 31 heavy (non-hydrogen) atoms. The summed E-state index contributed by atoms with van der Waals surface area (Å²) >= 11 is 0. The molecular formula is C21H19F4N3O3. The Labute approximate surface area is 174 Å². The van der Waals surface area contributed by atoms with E-state index in [0.717, 1.165) is 22.9 Å². The van der Waals surface area contributed by atoms with E-state index in [1.807, 2.05) is 13.8 Å². The van der Waals surface area contributed by atoms with Gasteiger partial charge in [0.05, 0.1) is 11.9 Å². The zero-order chi connectivity index (χ0) is 22.8. The maximum Gasteiger partial charge on any atom is 0.573 e. The number of halogens is 4. The monoisotopic (exact) mass is 437 g/mol. The number of hydrogen-bond donors (Lipinski definition) is 1. The van der Waals surface area contributed by atoms with Gasteiger partial charge in [-0.1, -0.05) is 32.0 Å². The van der Waals surface area contributed by atoms with Crippen molar-refractivity contribution >= 4 is 16.8 Å². The number of carbonyl (C=O) groups is 1. The molecule has 1 amide bonds. The fourth-order valence-electron chi connectivity index (χ4n) is 3.06. The molecule has 3 aromatic rings. The Morgan fingerprint density at radius 3 is 2.58 bits per heavy atom. The summed E-state index contributed by atoms with van der Waals surface area (Å²) in [7, 11) is 0. The molecule has 0 saturated heterocycles. The summed E-state index contributed by atoms with van der Waals surface area (Å²) in [4.78, 5) is 29.7. The zero-order valence-corrected chi connectivity index (χ0v) is 16.7. The Morgan fingerprint density at radius 1 is 1.19 bits per heavy atom. The van der Waals surface area contributed by atoms with Crippen molar-refractivity contribution in [2.24, 2.45) is 5.92 Å². The highest BCUT2D eigenvalue weighted by Gasteiger charge is 2.31. The smallest absolute Gasteiger partial charge is 0.406 e. The normalized spacial score (nSPS) is 11.7. The van der Waals surface area contributed by atoms with E-state index in [4.69, 9.17) is 0 Å². The molecule has 2 aromatic carbocycles. The van der Waals surface area contributed by atoms with Crippen LogP contribution >= 0.6 is 0 Å². The van der Waals surface area contributed by atoms with E-state index in [-0.39, 0.29) is 34.6 Å². The molecule has 0 radical (unpaired) electrons. The van der Waals surface area contributed by atoms with Gasteiger partial charge < -0.3 is 4.74 Å². The highest BCUT2D eigenvalue weighted by Crippen LogP contribution is 2.23. The van der Waals surface area contributed by atoms with Crippen molar-refractivity contribution in [2.75, 3.05) is 5.43 Å². The summed E-state index contributed by atoms with van der Waals surface area (Å²) in [5.74, 6) is -1.61. The van der Waals surface area contributed by atoms with Gasteiger partial charge in [0.2, 0.25) is 5.91 Å². The fraction of sp³-hybridized carbons (Fsp3) is 0.286. The lowest BCUT2D eigenvalue weighted by Gasteiger charge is -2.16. The van der Waals surface area contributed by atoms with Crippen LogP contribution in [-0.4, -0.2) is 21.9 Å². The third kappa shape index (κ3) is 5.59. The van der Waals surface area contributed by atoms with Gasteiger partial charge in [0.25, 0.3) is 5.56 Å². The van der Waals surface area contributed by atoms with Gasteiger partial charge in [0.1, 0.15) is 22.8 Å². The van der Waals surface area contributed by atoms with Crippen LogP contribution in [0.3, 0.4) is 0 Å². The van der Waals surface area contributed by atoms with Crippen LogP contribution in [0.25, 0.3) is 10.9 Å². The number of nitrogens with one attached hydrogen (secondary N) is 1. The summed E-state index contributed by atoms with van der Waals surface area (Å²) in [6.07, 6.45) is -4.87. The molecule has 0 aliphatic rings. The topological polar surface area (TPSA) is 73.2 Å². The van der Waals surface area contributed by atoms with E-state index in [1.54, 1.807) is 0 Å². The molecule has 0 fully saturated rings. The van der Waals surface area contributed by atoms with E-state index in [0.29, 0.717) is 6.42 Å². The van der Waals surface area contributed by atoms with Gasteiger partial charge in [0.15, 0.2) is 0 Å². The summed E-state index contributed by atoms with van der Waals surface area (Å²) in [6.45, 7) is 3.78. The molecule has 1 N–H and O–H groups in total. The van der Waals surface area contributed by atoms with Crippen LogP contribution in [0, 0.1) is 11.7 Å². The van der Waals surface area contributed by atoms with E-state index in [1.165, 1.54) is 24.3 Å². The minimum Gasteiger partial charge on any atom is -0.406 e. The molecule has 0 bridgehead atoms. The van der Waals surface area contributed by atoms with Gasteiger partial charge in [-0.05, 0) is 35.7 Å². The number of aromatic nitrogens is 2. The number of nitrogens with zero attached hydrogens (tertiary/aromatic N) is 2. The SMILES string of the molecule is CC(C)Cc1nc2cccc(F)c2c(=O)n1NC(=O)Cc1cccc(OC(F)(F)F)c1. The van der Waals surface area contributed by atoms with Crippen molar-refractivity contribution < 1.29 is 27.1 Å². The Balaban J connectivity index is 1.91. The number of hydrogen-bond acceptors (Lipinski definition) is 4. The lowest BCUT2D eigenvalue weighted by molar-refractivity contribution is -0.274. The van der Waals surface area contributed by atoms with E-state index in [2.05, 4.69) is 15.1 Å². The maximum atomic E-state index is 14.2. The lowest BCUT2D eigenvalue weighted by atomic mass is 10.1. The standard InChI is InChI=1S/C21H19F4N3O3/c1-12(2)9-17-26-16-8-4-7-15(22)19(16)20(30)28(17)27-18(29)11-13-5-3-6-14(10-13)31-21(23,24)25/h3-8,10,12H,9,11H2,1-2H3,(H,27,29). The van der Waals surface area contributed by atoms with E-state index in [9.17, 15) is 27.2 Å². The van der Waals surface area contributed by atoms with Crippen molar-refractivity contribution in [2.45, 2.75) is 33.1 Å².